The largest absolute Gasteiger partial charge is 0.348 e. The zero-order valence-corrected chi connectivity index (χ0v) is 24.4. The molecule has 0 radical (unpaired) electrons. The number of carbonyl (C=O) groups is 2. The molecule has 1 aliphatic heterocycles. The van der Waals surface area contributed by atoms with E-state index in [9.17, 15) is 35.9 Å². The molecule has 0 spiro atoms. The molecule has 0 fully saturated rings. The molecule has 47 heavy (non-hydrogen) atoms. The van der Waals surface area contributed by atoms with Crippen molar-refractivity contribution in [3.8, 4) is 11.1 Å². The quantitative estimate of drug-likeness (QED) is 0.198. The molecule has 0 saturated carbocycles. The van der Waals surface area contributed by atoms with E-state index in [0.717, 1.165) is 19.1 Å². The summed E-state index contributed by atoms with van der Waals surface area (Å²) in [7, 11) is 0. The first kappa shape index (κ1) is 32.1. The van der Waals surface area contributed by atoms with E-state index in [1.54, 1.807) is 30.3 Å². The van der Waals surface area contributed by atoms with E-state index in [0.29, 0.717) is 28.3 Å². The number of hydrogen-bond acceptors (Lipinski definition) is 4. The Labute approximate surface area is 262 Å². The lowest BCUT2D eigenvalue weighted by atomic mass is 9.89. The summed E-state index contributed by atoms with van der Waals surface area (Å²) in [6.45, 7) is 1.29. The van der Waals surface area contributed by atoms with Gasteiger partial charge in [0.2, 0.25) is 5.91 Å². The molecule has 7 nitrogen and oxygen atoms in total. The van der Waals surface area contributed by atoms with Gasteiger partial charge in [-0.2, -0.15) is 13.9 Å². The monoisotopic (exact) mass is 663 g/mol. The van der Waals surface area contributed by atoms with Crippen LogP contribution in [-0.2, 0) is 29.6 Å². The number of aromatic nitrogens is 3. The normalized spacial score (nSPS) is 17.5. The van der Waals surface area contributed by atoms with E-state index in [2.05, 4.69) is 20.7 Å². The van der Waals surface area contributed by atoms with E-state index in [1.165, 1.54) is 6.20 Å². The second-order valence-corrected chi connectivity index (χ2v) is 11.5. The average molecular weight is 664 g/mol. The second-order valence-electron chi connectivity index (χ2n) is 11.5. The number of nitrogens with zero attached hydrogens (tertiary/aromatic N) is 3. The maximum atomic E-state index is 15.1. The Balaban J connectivity index is 1.42. The molecule has 2 aromatic heterocycles. The highest BCUT2D eigenvalue weighted by Crippen LogP contribution is 2.52. The van der Waals surface area contributed by atoms with Crippen molar-refractivity contribution in [3.05, 3.63) is 106 Å². The van der Waals surface area contributed by atoms with Crippen molar-refractivity contribution >= 4 is 11.8 Å². The fraction of sp³-hybridized carbons (Fsp3) is 0.312. The molecule has 2 aromatic carbocycles. The molecule has 0 saturated heterocycles. The molecule has 2 aliphatic rings. The summed E-state index contributed by atoms with van der Waals surface area (Å²) in [4.78, 5) is 30.2. The minimum absolute atomic E-state index is 0.0726. The Morgan fingerprint density at radius 1 is 0.979 bits per heavy atom. The summed E-state index contributed by atoms with van der Waals surface area (Å²) >= 11 is 0. The van der Waals surface area contributed by atoms with E-state index in [4.69, 9.17) is 0 Å². The van der Waals surface area contributed by atoms with E-state index in [1.807, 2.05) is 0 Å². The first-order chi connectivity index (χ1) is 22.2. The number of nitrogens with one attached hydrogen (secondary N) is 2. The fourth-order valence-corrected chi connectivity index (χ4v) is 6.08. The molecule has 246 valence electrons. The molecular formula is C32H25F8N5O2. The summed E-state index contributed by atoms with van der Waals surface area (Å²) in [5.74, 6) is -11.2. The predicted octanol–water partition coefficient (Wildman–Crippen LogP) is 7.04. The van der Waals surface area contributed by atoms with Crippen LogP contribution in [0.5, 0.6) is 0 Å². The highest BCUT2D eigenvalue weighted by Gasteiger charge is 2.55. The van der Waals surface area contributed by atoms with E-state index < -0.39 is 77.7 Å². The summed E-state index contributed by atoms with van der Waals surface area (Å²) in [6, 6.07) is 7.84. The highest BCUT2D eigenvalue weighted by atomic mass is 19.3. The van der Waals surface area contributed by atoms with Crippen molar-refractivity contribution in [3.63, 3.8) is 0 Å². The van der Waals surface area contributed by atoms with Crippen LogP contribution in [0.4, 0.5) is 35.1 Å². The minimum Gasteiger partial charge on any atom is -0.348 e. The van der Waals surface area contributed by atoms with Crippen LogP contribution in [0.25, 0.3) is 11.1 Å². The first-order valence-corrected chi connectivity index (χ1v) is 14.4. The van der Waals surface area contributed by atoms with Crippen molar-refractivity contribution in [2.75, 3.05) is 0 Å². The molecule has 4 aromatic rings. The van der Waals surface area contributed by atoms with Gasteiger partial charge in [-0.3, -0.25) is 19.3 Å². The lowest BCUT2D eigenvalue weighted by molar-refractivity contribution is -0.126. The number of pyridine rings is 1. The topological polar surface area (TPSA) is 88.9 Å². The van der Waals surface area contributed by atoms with Gasteiger partial charge in [-0.05, 0) is 60.4 Å². The van der Waals surface area contributed by atoms with Gasteiger partial charge in [0.05, 0.1) is 17.3 Å². The maximum absolute atomic E-state index is 15.1. The van der Waals surface area contributed by atoms with Gasteiger partial charge in [0, 0.05) is 42.8 Å². The first-order valence-electron chi connectivity index (χ1n) is 14.4. The molecule has 3 heterocycles. The molecule has 2 atom stereocenters. The Hall–Kier alpha value is -4.82. The minimum atomic E-state index is -4.04. The smallest absolute Gasteiger partial charge is 0.290 e. The zero-order valence-electron chi connectivity index (χ0n) is 24.4. The summed E-state index contributed by atoms with van der Waals surface area (Å²) in [5, 5.41) is 8.68. The molecule has 1 unspecified atom stereocenters. The zero-order chi connectivity index (χ0) is 33.8. The van der Waals surface area contributed by atoms with Gasteiger partial charge >= 0.3 is 0 Å². The van der Waals surface area contributed by atoms with Crippen molar-refractivity contribution in [1.82, 2.24) is 25.4 Å². The van der Waals surface area contributed by atoms with Crippen LogP contribution in [0.1, 0.15) is 82.4 Å². The SMILES string of the molecule is CC(C(=O)N[C@@H](Cc1cc(F)cc(F)c1)c1ncccc1-c1ccc2c(c1)CNC2=O)n1nc(C(F)F)c2c1C(F)(F)CCC2(F)F. The second kappa shape index (κ2) is 11.8. The predicted molar refractivity (Wildman–Crippen MR) is 151 cm³/mol. The van der Waals surface area contributed by atoms with Crippen molar-refractivity contribution in [1.29, 1.82) is 0 Å². The Morgan fingerprint density at radius 3 is 2.38 bits per heavy atom. The number of rotatable bonds is 8. The third kappa shape index (κ3) is 5.94. The van der Waals surface area contributed by atoms with Crippen LogP contribution in [0, 0.1) is 11.6 Å². The number of hydrogen-bond donors (Lipinski definition) is 2. The summed E-state index contributed by atoms with van der Waals surface area (Å²) in [5.41, 5.74) is -2.25. The Bertz CT molecular complexity index is 1870. The highest BCUT2D eigenvalue weighted by molar-refractivity contribution is 5.99. The lowest BCUT2D eigenvalue weighted by Crippen LogP contribution is -2.39. The van der Waals surface area contributed by atoms with Crippen LogP contribution in [-0.4, -0.2) is 26.6 Å². The number of fused-ring (bicyclic) bond motifs is 2. The van der Waals surface area contributed by atoms with E-state index in [-0.39, 0.29) is 34.8 Å². The van der Waals surface area contributed by atoms with Crippen LogP contribution >= 0.6 is 0 Å². The van der Waals surface area contributed by atoms with Gasteiger partial charge < -0.3 is 10.6 Å². The molecule has 0 bridgehead atoms. The average Bonchev–Trinajstić information content (AvgIpc) is 3.61. The lowest BCUT2D eigenvalue weighted by Gasteiger charge is -2.31. The molecule has 2 N–H and O–H groups in total. The summed E-state index contributed by atoms with van der Waals surface area (Å²) < 4.78 is 116. The third-order valence-electron chi connectivity index (χ3n) is 8.30. The van der Waals surface area contributed by atoms with Crippen LogP contribution in [0.3, 0.4) is 0 Å². The standard InChI is InChI=1S/C32H25F8N5O2/c1-15(45-27-24(26(44-45)28(35)36)31(37,38)6-7-32(27,39)40)29(46)43-23(11-16-9-19(33)13-20(34)10-16)25-21(3-2-8-41-25)17-4-5-22-18(12-17)14-42-30(22)47/h2-5,8-10,12-13,15,23,28H,6-7,11,14H2,1H3,(H,42,47)(H,43,46)/t15?,23-/m0/s1. The van der Waals surface area contributed by atoms with Gasteiger partial charge in [-0.1, -0.05) is 12.1 Å². The van der Waals surface area contributed by atoms with Crippen molar-refractivity contribution < 1.29 is 44.7 Å². The molecular weight excluding hydrogens is 638 g/mol. The van der Waals surface area contributed by atoms with Gasteiger partial charge in [-0.25, -0.2) is 26.3 Å². The number of benzene rings is 2. The molecule has 6 rings (SSSR count). The van der Waals surface area contributed by atoms with Crippen LogP contribution in [0.15, 0.2) is 54.7 Å². The summed E-state index contributed by atoms with van der Waals surface area (Å²) in [6.07, 6.45) is -5.28. The van der Waals surface area contributed by atoms with E-state index >= 15 is 8.78 Å². The number of halogens is 8. The van der Waals surface area contributed by atoms with Crippen molar-refractivity contribution in [2.24, 2.45) is 0 Å². The number of carbonyl (C=O) groups excluding carboxylic acids is 2. The number of amides is 2. The maximum Gasteiger partial charge on any atom is 0.290 e. The van der Waals surface area contributed by atoms with Crippen molar-refractivity contribution in [2.45, 2.75) is 63.1 Å². The van der Waals surface area contributed by atoms with Gasteiger partial charge in [-0.15, -0.1) is 0 Å². The number of alkyl halides is 6. The molecule has 1 aliphatic carbocycles. The van der Waals surface area contributed by atoms with Crippen LogP contribution in [0.2, 0.25) is 0 Å². The Kier molecular flexibility index (Phi) is 8.04. The van der Waals surface area contributed by atoms with Crippen LogP contribution < -0.4 is 10.6 Å². The van der Waals surface area contributed by atoms with Gasteiger partial charge in [0.1, 0.15) is 29.1 Å². The molecule has 2 amide bonds. The van der Waals surface area contributed by atoms with Gasteiger partial charge in [0.25, 0.3) is 24.2 Å². The van der Waals surface area contributed by atoms with Gasteiger partial charge in [0.15, 0.2) is 0 Å². The Morgan fingerprint density at radius 2 is 1.68 bits per heavy atom. The fourth-order valence-electron chi connectivity index (χ4n) is 6.08. The third-order valence-corrected chi connectivity index (χ3v) is 8.30. The molecule has 15 heteroatoms.